The Balaban J connectivity index is 1.43. The van der Waals surface area contributed by atoms with Crippen molar-refractivity contribution in [2.24, 2.45) is 0 Å². The lowest BCUT2D eigenvalue weighted by Gasteiger charge is -2.37. The minimum Gasteiger partial charge on any atom is -0.478 e. The molecule has 2 aliphatic rings. The Morgan fingerprint density at radius 2 is 1.51 bits per heavy atom. The minimum atomic E-state index is -1.23. The van der Waals surface area contributed by atoms with Gasteiger partial charge in [0.2, 0.25) is 0 Å². The number of benzene rings is 5. The van der Waals surface area contributed by atoms with Crippen molar-refractivity contribution in [3.63, 3.8) is 0 Å². The first-order valence-electron chi connectivity index (χ1n) is 14.4. The third-order valence-electron chi connectivity index (χ3n) is 8.56. The molecule has 0 aliphatic carbocycles. The van der Waals surface area contributed by atoms with E-state index in [1.807, 2.05) is 85.8 Å². The number of ether oxygens (including phenoxy) is 2. The van der Waals surface area contributed by atoms with Crippen molar-refractivity contribution in [3.05, 3.63) is 124 Å². The number of esters is 1. The van der Waals surface area contributed by atoms with E-state index in [0.717, 1.165) is 46.2 Å². The van der Waals surface area contributed by atoms with Gasteiger partial charge in [0.15, 0.2) is 5.60 Å². The van der Waals surface area contributed by atoms with E-state index >= 15 is 0 Å². The van der Waals surface area contributed by atoms with Gasteiger partial charge in [-0.1, -0.05) is 42.5 Å². The van der Waals surface area contributed by atoms with E-state index in [9.17, 15) is 14.7 Å². The molecule has 1 atom stereocenters. The number of carbonyl (C=O) groups is 2. The normalized spacial score (nSPS) is 16.2. The Labute approximate surface area is 249 Å². The Bertz CT molecular complexity index is 1960. The number of hydrogen-bond acceptors (Lipinski definition) is 6. The maximum atomic E-state index is 13.4. The lowest BCUT2D eigenvalue weighted by atomic mass is 9.77. The molecule has 5 aromatic carbocycles. The summed E-state index contributed by atoms with van der Waals surface area (Å²) in [6, 6.07) is 28.5. The maximum absolute atomic E-state index is 13.4. The topological polar surface area (TPSA) is 88.1 Å². The third-order valence-corrected chi connectivity index (χ3v) is 8.56. The number of carbonyl (C=O) groups excluding carboxylic acids is 1. The van der Waals surface area contributed by atoms with Crippen LogP contribution in [-0.2, 0) is 10.3 Å². The van der Waals surface area contributed by atoms with Gasteiger partial charge < -0.3 is 24.8 Å². The number of aryl methyl sites for hydroxylation is 1. The van der Waals surface area contributed by atoms with Crippen LogP contribution in [0.2, 0.25) is 0 Å². The summed E-state index contributed by atoms with van der Waals surface area (Å²) in [5.74, 6) is -0.224. The fraction of sp³-hybridized carbons (Fsp3) is 0.167. The van der Waals surface area contributed by atoms with Crippen LogP contribution < -0.4 is 15.0 Å². The molecule has 2 aliphatic heterocycles. The Morgan fingerprint density at radius 3 is 2.26 bits per heavy atom. The Hall–Kier alpha value is -5.30. The molecule has 2 heterocycles. The Morgan fingerprint density at radius 1 is 0.814 bits per heavy atom. The third kappa shape index (κ3) is 4.03. The van der Waals surface area contributed by atoms with Crippen LogP contribution in [0.15, 0.2) is 91.0 Å². The van der Waals surface area contributed by atoms with E-state index in [2.05, 4.69) is 24.1 Å². The number of rotatable bonds is 6. The maximum Gasteiger partial charge on any atom is 0.340 e. The monoisotopic (exact) mass is 570 g/mol. The van der Waals surface area contributed by atoms with Crippen LogP contribution in [0, 0.1) is 6.92 Å². The highest BCUT2D eigenvalue weighted by atomic mass is 16.6. The van der Waals surface area contributed by atoms with Crippen LogP contribution >= 0.6 is 0 Å². The van der Waals surface area contributed by atoms with E-state index in [0.29, 0.717) is 34.0 Å². The fourth-order valence-electron chi connectivity index (χ4n) is 6.39. The molecule has 7 heteroatoms. The number of hydrogen-bond donors (Lipinski definition) is 2. The zero-order valence-electron chi connectivity index (χ0n) is 24.1. The van der Waals surface area contributed by atoms with Gasteiger partial charge in [-0.15, -0.1) is 0 Å². The molecular formula is C36H30N2O5. The van der Waals surface area contributed by atoms with Gasteiger partial charge in [-0.05, 0) is 79.6 Å². The van der Waals surface area contributed by atoms with Gasteiger partial charge in [-0.25, -0.2) is 9.59 Å². The molecule has 0 saturated carbocycles. The van der Waals surface area contributed by atoms with Gasteiger partial charge in [0.05, 0.1) is 16.8 Å². The van der Waals surface area contributed by atoms with E-state index in [1.165, 1.54) is 0 Å². The molecule has 1 unspecified atom stereocenters. The molecule has 7 nitrogen and oxygen atoms in total. The van der Waals surface area contributed by atoms with Gasteiger partial charge in [-0.3, -0.25) is 0 Å². The summed E-state index contributed by atoms with van der Waals surface area (Å²) < 4.78 is 12.9. The number of anilines is 3. The average Bonchev–Trinajstić information content (AvgIpc) is 3.30. The number of nitrogens with one attached hydrogen (secondary N) is 1. The number of nitrogens with zero attached hydrogens (tertiary/aromatic N) is 1. The average molecular weight is 571 g/mol. The predicted molar refractivity (Wildman–Crippen MR) is 167 cm³/mol. The van der Waals surface area contributed by atoms with Crippen molar-refractivity contribution in [1.82, 2.24) is 0 Å². The van der Waals surface area contributed by atoms with Gasteiger partial charge >= 0.3 is 11.9 Å². The van der Waals surface area contributed by atoms with Crippen LogP contribution in [-0.4, -0.2) is 30.1 Å². The van der Waals surface area contributed by atoms with Crippen LogP contribution in [0.5, 0.6) is 11.5 Å². The molecule has 0 saturated heterocycles. The molecule has 2 N–H and O–H groups in total. The van der Waals surface area contributed by atoms with Crippen molar-refractivity contribution in [3.8, 4) is 11.5 Å². The molecule has 5 aromatic rings. The summed E-state index contributed by atoms with van der Waals surface area (Å²) in [4.78, 5) is 27.9. The van der Waals surface area contributed by atoms with Gasteiger partial charge in [0.25, 0.3) is 0 Å². The van der Waals surface area contributed by atoms with Crippen molar-refractivity contribution in [1.29, 1.82) is 0 Å². The van der Waals surface area contributed by atoms with Crippen molar-refractivity contribution in [2.75, 3.05) is 23.3 Å². The van der Waals surface area contributed by atoms with Gasteiger partial charge in [-0.2, -0.15) is 0 Å². The smallest absolute Gasteiger partial charge is 0.340 e. The number of fused-ring (bicyclic) bond motifs is 7. The predicted octanol–water partition coefficient (Wildman–Crippen LogP) is 8.00. The second kappa shape index (κ2) is 9.91. The minimum absolute atomic E-state index is 0.161. The Kier molecular flexibility index (Phi) is 6.13. The number of carboxylic acids is 1. The molecule has 7 rings (SSSR count). The van der Waals surface area contributed by atoms with Crippen LogP contribution in [0.3, 0.4) is 0 Å². The SMILES string of the molecule is CCN(CC)c1ccc2c(c1)Oc1cc(C)c(Nc3cc4ccccc4cc3C(=O)O)cc1C21OC(=O)c2ccccc21. The summed E-state index contributed by atoms with van der Waals surface area (Å²) in [5, 5.41) is 15.2. The second-order valence-corrected chi connectivity index (χ2v) is 10.9. The molecule has 0 fully saturated rings. The molecule has 0 bridgehead atoms. The highest BCUT2D eigenvalue weighted by Gasteiger charge is 2.53. The molecule has 214 valence electrons. The first-order valence-corrected chi connectivity index (χ1v) is 14.4. The van der Waals surface area contributed by atoms with E-state index in [-0.39, 0.29) is 5.56 Å². The lowest BCUT2D eigenvalue weighted by Crippen LogP contribution is -2.33. The summed E-state index contributed by atoms with van der Waals surface area (Å²) in [7, 11) is 0. The largest absolute Gasteiger partial charge is 0.478 e. The van der Waals surface area contributed by atoms with Crippen molar-refractivity contribution in [2.45, 2.75) is 26.4 Å². The highest BCUT2D eigenvalue weighted by molar-refractivity contribution is 6.02. The summed E-state index contributed by atoms with van der Waals surface area (Å²) >= 11 is 0. The molecule has 0 amide bonds. The molecule has 0 aromatic heterocycles. The molecular weight excluding hydrogens is 540 g/mol. The van der Waals surface area contributed by atoms with Gasteiger partial charge in [0.1, 0.15) is 11.5 Å². The summed E-state index contributed by atoms with van der Waals surface area (Å²) in [6.45, 7) is 7.85. The molecule has 0 radical (unpaired) electrons. The zero-order valence-corrected chi connectivity index (χ0v) is 24.1. The first kappa shape index (κ1) is 26.6. The highest BCUT2D eigenvalue weighted by Crippen LogP contribution is 2.57. The fourth-order valence-corrected chi connectivity index (χ4v) is 6.39. The quantitative estimate of drug-likeness (QED) is 0.200. The molecule has 1 spiro atoms. The zero-order chi connectivity index (χ0) is 29.9. The summed E-state index contributed by atoms with van der Waals surface area (Å²) in [6.07, 6.45) is 0. The van der Waals surface area contributed by atoms with Gasteiger partial charge in [0, 0.05) is 47.2 Å². The lowest BCUT2D eigenvalue weighted by molar-refractivity contribution is 0.0224. The number of carboxylic acid groups (broad SMARTS) is 1. The van der Waals surface area contributed by atoms with Crippen LogP contribution in [0.25, 0.3) is 10.8 Å². The first-order chi connectivity index (χ1) is 20.8. The van der Waals surface area contributed by atoms with Crippen LogP contribution in [0.4, 0.5) is 17.1 Å². The van der Waals surface area contributed by atoms with Crippen molar-refractivity contribution < 1.29 is 24.2 Å². The summed E-state index contributed by atoms with van der Waals surface area (Å²) in [5.41, 5.74) is 4.60. The standard InChI is InChI=1S/C36H30N2O5/c1-4-38(5-2)24-14-15-28-33(19-24)42-32-16-21(3)30(20-29(32)36(28)27-13-9-8-12-25(27)35(41)43-36)37-31-18-23-11-7-6-10-22(23)17-26(31)34(39)40/h6-20,37H,4-5H2,1-3H3,(H,39,40). The molecule has 43 heavy (non-hydrogen) atoms. The van der Waals surface area contributed by atoms with Crippen molar-refractivity contribution >= 4 is 39.8 Å². The van der Waals surface area contributed by atoms with E-state index in [4.69, 9.17) is 9.47 Å². The number of aromatic carboxylic acids is 1. The van der Waals surface area contributed by atoms with Crippen LogP contribution in [0.1, 0.15) is 56.8 Å². The van der Waals surface area contributed by atoms with E-state index < -0.39 is 17.5 Å². The second-order valence-electron chi connectivity index (χ2n) is 10.9. The van der Waals surface area contributed by atoms with E-state index in [1.54, 1.807) is 12.1 Å².